The summed E-state index contributed by atoms with van der Waals surface area (Å²) in [4.78, 5) is 13.9. The summed E-state index contributed by atoms with van der Waals surface area (Å²) >= 11 is 0. The lowest BCUT2D eigenvalue weighted by Gasteiger charge is -2.14. The van der Waals surface area contributed by atoms with Gasteiger partial charge in [-0.1, -0.05) is 30.3 Å². The van der Waals surface area contributed by atoms with Crippen molar-refractivity contribution in [2.45, 2.75) is 20.4 Å². The Morgan fingerprint density at radius 3 is 1.69 bits per heavy atom. The van der Waals surface area contributed by atoms with Gasteiger partial charge in [-0.15, -0.1) is 0 Å². The lowest BCUT2D eigenvalue weighted by molar-refractivity contribution is 0.443. The van der Waals surface area contributed by atoms with Crippen LogP contribution >= 0.6 is 0 Å². The summed E-state index contributed by atoms with van der Waals surface area (Å²) in [5, 5.41) is 41.5. The van der Waals surface area contributed by atoms with Gasteiger partial charge in [-0.25, -0.2) is 15.0 Å². The Hall–Kier alpha value is -4.85. The van der Waals surface area contributed by atoms with E-state index in [4.69, 9.17) is 0 Å². The molecule has 0 unspecified atom stereocenters. The van der Waals surface area contributed by atoms with Gasteiger partial charge in [0, 0.05) is 23.9 Å². The fourth-order valence-corrected chi connectivity index (χ4v) is 4.01. The molecule has 0 aliphatic rings. The van der Waals surface area contributed by atoms with E-state index in [2.05, 4.69) is 15.0 Å². The molecule has 0 atom stereocenters. The van der Waals surface area contributed by atoms with Crippen LogP contribution in [0.5, 0.6) is 23.0 Å². The molecule has 5 aromatic rings. The minimum Gasteiger partial charge on any atom is -0.508 e. The van der Waals surface area contributed by atoms with Gasteiger partial charge in [-0.3, -0.25) is 0 Å². The molecule has 3 aromatic carbocycles. The number of benzene rings is 3. The van der Waals surface area contributed by atoms with Crippen LogP contribution in [-0.4, -0.2) is 39.9 Å². The van der Waals surface area contributed by atoms with E-state index in [-0.39, 0.29) is 34.6 Å². The van der Waals surface area contributed by atoms with Crippen molar-refractivity contribution in [3.8, 4) is 57.3 Å². The number of phenols is 4. The van der Waals surface area contributed by atoms with Gasteiger partial charge in [0.2, 0.25) is 0 Å². The highest BCUT2D eigenvalue weighted by Crippen LogP contribution is 2.39. The molecule has 36 heavy (non-hydrogen) atoms. The summed E-state index contributed by atoms with van der Waals surface area (Å²) in [6, 6.07) is 19.8. The summed E-state index contributed by atoms with van der Waals surface area (Å²) in [6.07, 6.45) is 1.93. The molecule has 0 fully saturated rings. The largest absolute Gasteiger partial charge is 0.508 e. The minimum atomic E-state index is -0.149. The van der Waals surface area contributed by atoms with Gasteiger partial charge in [0.15, 0.2) is 17.5 Å². The van der Waals surface area contributed by atoms with E-state index in [0.717, 1.165) is 5.56 Å². The predicted molar refractivity (Wildman–Crippen MR) is 136 cm³/mol. The third-order valence-corrected chi connectivity index (χ3v) is 6.18. The molecule has 0 aliphatic carbocycles. The van der Waals surface area contributed by atoms with Crippen molar-refractivity contribution in [3.63, 3.8) is 0 Å². The topological polar surface area (TPSA) is 125 Å². The highest BCUT2D eigenvalue weighted by molar-refractivity contribution is 5.74. The predicted octanol–water partition coefficient (Wildman–Crippen LogP) is 5.16. The number of phenolic OH excluding ortho intramolecular Hbond substituents is 4. The van der Waals surface area contributed by atoms with Crippen LogP contribution in [-0.2, 0) is 6.54 Å². The van der Waals surface area contributed by atoms with Crippen molar-refractivity contribution >= 4 is 0 Å². The Labute approximate surface area is 207 Å². The Bertz CT molecular complexity index is 1500. The third-order valence-electron chi connectivity index (χ3n) is 6.18. The van der Waals surface area contributed by atoms with Crippen molar-refractivity contribution in [1.82, 2.24) is 19.5 Å². The number of rotatable bonds is 5. The molecule has 2 heterocycles. The monoisotopic (exact) mass is 480 g/mol. The fraction of sp³-hybridized carbons (Fsp3) is 0.107. The molecule has 0 aliphatic heterocycles. The SMILES string of the molecule is Cc1c(O)ccc(-c2nc(-c3ccc(O)c(C)c3O)nc(-c3cccn3Cc3ccccc3)n2)c1O. The van der Waals surface area contributed by atoms with E-state index in [1.54, 1.807) is 13.8 Å². The Kier molecular flexibility index (Phi) is 5.77. The van der Waals surface area contributed by atoms with E-state index in [1.165, 1.54) is 24.3 Å². The quantitative estimate of drug-likeness (QED) is 0.274. The van der Waals surface area contributed by atoms with E-state index >= 15 is 0 Å². The maximum Gasteiger partial charge on any atom is 0.180 e. The molecular formula is C28H24N4O4. The van der Waals surface area contributed by atoms with Gasteiger partial charge in [-0.05, 0) is 55.8 Å². The summed E-state index contributed by atoms with van der Waals surface area (Å²) in [7, 11) is 0. The maximum atomic E-state index is 10.8. The van der Waals surface area contributed by atoms with Crippen molar-refractivity contribution < 1.29 is 20.4 Å². The molecule has 4 N–H and O–H groups in total. The summed E-state index contributed by atoms with van der Waals surface area (Å²) in [6.45, 7) is 3.78. The summed E-state index contributed by atoms with van der Waals surface area (Å²) in [5.41, 5.74) is 3.04. The summed E-state index contributed by atoms with van der Waals surface area (Å²) < 4.78 is 2.00. The second-order valence-corrected chi connectivity index (χ2v) is 8.52. The van der Waals surface area contributed by atoms with Crippen LogP contribution in [0.25, 0.3) is 34.3 Å². The molecule has 0 radical (unpaired) electrons. The number of hydrogen-bond donors (Lipinski definition) is 4. The van der Waals surface area contributed by atoms with Gasteiger partial charge in [0.1, 0.15) is 23.0 Å². The van der Waals surface area contributed by atoms with Crippen LogP contribution in [0.2, 0.25) is 0 Å². The number of nitrogens with zero attached hydrogens (tertiary/aromatic N) is 4. The lowest BCUT2D eigenvalue weighted by atomic mass is 10.1. The first kappa shape index (κ1) is 22.9. The van der Waals surface area contributed by atoms with Crippen molar-refractivity contribution in [1.29, 1.82) is 0 Å². The van der Waals surface area contributed by atoms with Crippen molar-refractivity contribution in [2.24, 2.45) is 0 Å². The standard InChI is InChI=1S/C28H24N4O4/c1-16-22(33)12-10-19(24(16)35)26-29-27(20-11-13-23(34)17(2)25(20)36)31-28(30-26)21-9-6-14-32(21)15-18-7-4-3-5-8-18/h3-14,33-36H,15H2,1-2H3. The third kappa shape index (κ3) is 4.09. The molecule has 8 nitrogen and oxygen atoms in total. The van der Waals surface area contributed by atoms with Crippen LogP contribution in [0, 0.1) is 13.8 Å². The first-order chi connectivity index (χ1) is 17.3. The zero-order valence-corrected chi connectivity index (χ0v) is 19.7. The number of aromatic nitrogens is 4. The van der Waals surface area contributed by atoms with Crippen LogP contribution in [0.15, 0.2) is 72.9 Å². The van der Waals surface area contributed by atoms with Gasteiger partial charge in [-0.2, -0.15) is 0 Å². The molecule has 2 aromatic heterocycles. The van der Waals surface area contributed by atoms with Crippen molar-refractivity contribution in [3.05, 3.63) is 89.6 Å². The molecule has 0 bridgehead atoms. The smallest absolute Gasteiger partial charge is 0.180 e. The van der Waals surface area contributed by atoms with Crippen LogP contribution < -0.4 is 0 Å². The first-order valence-electron chi connectivity index (χ1n) is 11.3. The molecule has 0 amide bonds. The molecule has 0 spiro atoms. The fourth-order valence-electron chi connectivity index (χ4n) is 4.01. The number of hydrogen-bond acceptors (Lipinski definition) is 7. The second-order valence-electron chi connectivity index (χ2n) is 8.52. The summed E-state index contributed by atoms with van der Waals surface area (Å²) in [5.74, 6) is 0.295. The van der Waals surface area contributed by atoms with E-state index < -0.39 is 0 Å². The molecule has 8 heteroatoms. The van der Waals surface area contributed by atoms with Gasteiger partial charge in [0.25, 0.3) is 0 Å². The lowest BCUT2D eigenvalue weighted by Crippen LogP contribution is -2.06. The van der Waals surface area contributed by atoms with E-state index in [1.807, 2.05) is 53.2 Å². The maximum absolute atomic E-state index is 10.8. The van der Waals surface area contributed by atoms with Gasteiger partial charge >= 0.3 is 0 Å². The average Bonchev–Trinajstić information content (AvgIpc) is 3.34. The van der Waals surface area contributed by atoms with Crippen LogP contribution in [0.1, 0.15) is 16.7 Å². The second kappa shape index (κ2) is 9.07. The van der Waals surface area contributed by atoms with Gasteiger partial charge in [0.05, 0.1) is 16.8 Å². The van der Waals surface area contributed by atoms with E-state index in [9.17, 15) is 20.4 Å². The zero-order chi connectivity index (χ0) is 25.4. The molecule has 0 saturated carbocycles. The van der Waals surface area contributed by atoms with Crippen LogP contribution in [0.4, 0.5) is 0 Å². The molecular weight excluding hydrogens is 456 g/mol. The van der Waals surface area contributed by atoms with Crippen LogP contribution in [0.3, 0.4) is 0 Å². The zero-order valence-electron chi connectivity index (χ0n) is 19.7. The number of aromatic hydroxyl groups is 4. The minimum absolute atomic E-state index is 0.0469. The van der Waals surface area contributed by atoms with Crippen molar-refractivity contribution in [2.75, 3.05) is 0 Å². The van der Waals surface area contributed by atoms with E-state index in [0.29, 0.717) is 40.3 Å². The Balaban J connectivity index is 1.72. The highest BCUT2D eigenvalue weighted by atomic mass is 16.3. The Morgan fingerprint density at radius 2 is 1.14 bits per heavy atom. The average molecular weight is 481 g/mol. The normalized spacial score (nSPS) is 11.1. The molecule has 180 valence electrons. The highest BCUT2D eigenvalue weighted by Gasteiger charge is 2.20. The molecule has 5 rings (SSSR count). The molecule has 0 saturated heterocycles. The van der Waals surface area contributed by atoms with Gasteiger partial charge < -0.3 is 25.0 Å². The Morgan fingerprint density at radius 1 is 0.611 bits per heavy atom. The first-order valence-corrected chi connectivity index (χ1v) is 11.3.